The van der Waals surface area contributed by atoms with Gasteiger partial charge in [-0.15, -0.1) is 5.48 Å². The third kappa shape index (κ3) is 4.95. The summed E-state index contributed by atoms with van der Waals surface area (Å²) >= 11 is 0. The van der Waals surface area contributed by atoms with E-state index in [1.807, 2.05) is 0 Å². The SMILES string of the molecule is COC1CCN(c2nc3nc(C4NOC(=O)N4)nc(N[C@H](C)C4CCC4)c3n2CC2CCC(C)CC2)C1. The molecule has 2 aromatic rings. The molecule has 1 amide bonds. The molecule has 2 aliphatic heterocycles. The van der Waals surface area contributed by atoms with Crippen LogP contribution >= 0.6 is 0 Å². The Labute approximate surface area is 218 Å². The lowest BCUT2D eigenvalue weighted by Gasteiger charge is -2.32. The molecule has 0 bridgehead atoms. The quantitative estimate of drug-likeness (QED) is 0.486. The molecule has 11 nitrogen and oxygen atoms in total. The molecule has 2 unspecified atom stereocenters. The van der Waals surface area contributed by atoms with E-state index in [2.05, 4.69) is 39.4 Å². The van der Waals surface area contributed by atoms with Crippen molar-refractivity contribution in [3.05, 3.63) is 5.82 Å². The number of carbonyl (C=O) groups excluding carboxylic acids is 1. The van der Waals surface area contributed by atoms with Crippen LogP contribution in [0.5, 0.6) is 0 Å². The summed E-state index contributed by atoms with van der Waals surface area (Å²) in [6.07, 6.45) is 8.82. The zero-order valence-electron chi connectivity index (χ0n) is 22.2. The van der Waals surface area contributed by atoms with Crippen LogP contribution in [-0.4, -0.2) is 58.0 Å². The van der Waals surface area contributed by atoms with E-state index in [4.69, 9.17) is 24.5 Å². The lowest BCUT2D eigenvalue weighted by Crippen LogP contribution is -2.32. The van der Waals surface area contributed by atoms with Gasteiger partial charge in [0.2, 0.25) is 5.95 Å². The topological polar surface area (TPSA) is 118 Å². The van der Waals surface area contributed by atoms with E-state index >= 15 is 0 Å². The Morgan fingerprint density at radius 1 is 1.14 bits per heavy atom. The van der Waals surface area contributed by atoms with E-state index in [9.17, 15) is 4.79 Å². The first-order valence-electron chi connectivity index (χ1n) is 14.0. The second-order valence-corrected chi connectivity index (χ2v) is 11.6. The van der Waals surface area contributed by atoms with Gasteiger partial charge in [0.15, 0.2) is 23.5 Å². The van der Waals surface area contributed by atoms with Crippen molar-refractivity contribution in [1.29, 1.82) is 0 Å². The number of hydrogen-bond donors (Lipinski definition) is 3. The Morgan fingerprint density at radius 3 is 2.59 bits per heavy atom. The normalized spacial score (nSPS) is 29.3. The fourth-order valence-corrected chi connectivity index (χ4v) is 6.24. The number of methoxy groups -OCH3 is 1. The van der Waals surface area contributed by atoms with Crippen LogP contribution in [0, 0.1) is 17.8 Å². The van der Waals surface area contributed by atoms with Crippen LogP contribution in [0.15, 0.2) is 0 Å². The molecule has 4 aliphatic rings. The molecular formula is C26H40N8O3. The molecule has 37 heavy (non-hydrogen) atoms. The molecule has 4 fully saturated rings. The number of imidazole rings is 1. The van der Waals surface area contributed by atoms with Gasteiger partial charge in [0.25, 0.3) is 0 Å². The number of anilines is 2. The average molecular weight is 513 g/mol. The summed E-state index contributed by atoms with van der Waals surface area (Å²) in [4.78, 5) is 33.9. The molecule has 0 radical (unpaired) electrons. The molecular weight excluding hydrogens is 472 g/mol. The van der Waals surface area contributed by atoms with Crippen LogP contribution in [0.4, 0.5) is 16.6 Å². The first-order chi connectivity index (χ1) is 18.0. The minimum Gasteiger partial charge on any atom is -0.380 e. The Balaban J connectivity index is 1.42. The first kappa shape index (κ1) is 24.7. The summed E-state index contributed by atoms with van der Waals surface area (Å²) in [5.74, 6) is 4.22. The van der Waals surface area contributed by atoms with Crippen molar-refractivity contribution in [2.45, 2.75) is 90.1 Å². The van der Waals surface area contributed by atoms with Crippen LogP contribution < -0.4 is 21.0 Å². The third-order valence-electron chi connectivity index (χ3n) is 8.95. The van der Waals surface area contributed by atoms with Crippen molar-refractivity contribution in [1.82, 2.24) is 30.3 Å². The van der Waals surface area contributed by atoms with Gasteiger partial charge in [0.1, 0.15) is 5.52 Å². The summed E-state index contributed by atoms with van der Waals surface area (Å²) < 4.78 is 8.04. The standard InChI is InChI=1S/C26H40N8O3/c1-15-7-9-17(10-8-15)13-34-20-21(27-16(2)18-5-4-6-18)28-23(24-31-26(35)37-32-24)29-22(20)30-25(34)33-12-11-19(14-33)36-3/h15-19,24,32H,4-14H2,1-3H3,(H,31,35)(H,27,28,29)/t15?,16-,17?,19?,24?/m1/s1. The minimum atomic E-state index is -0.616. The summed E-state index contributed by atoms with van der Waals surface area (Å²) in [5, 5.41) is 6.47. The maximum atomic E-state index is 11.7. The van der Waals surface area contributed by atoms with E-state index in [-0.39, 0.29) is 12.1 Å². The molecule has 4 heterocycles. The van der Waals surface area contributed by atoms with Gasteiger partial charge in [0, 0.05) is 32.8 Å². The maximum Gasteiger partial charge on any atom is 0.427 e. The summed E-state index contributed by atoms with van der Waals surface area (Å²) in [5.41, 5.74) is 4.30. The molecule has 0 spiro atoms. The molecule has 2 saturated carbocycles. The zero-order chi connectivity index (χ0) is 25.5. The number of nitrogens with zero attached hydrogens (tertiary/aromatic N) is 5. The highest BCUT2D eigenvalue weighted by atomic mass is 16.7. The van der Waals surface area contributed by atoms with Crippen LogP contribution in [0.2, 0.25) is 0 Å². The molecule has 2 saturated heterocycles. The largest absolute Gasteiger partial charge is 0.427 e. The van der Waals surface area contributed by atoms with Crippen LogP contribution in [0.3, 0.4) is 0 Å². The first-order valence-corrected chi connectivity index (χ1v) is 14.0. The van der Waals surface area contributed by atoms with Crippen molar-refractivity contribution in [2.75, 3.05) is 30.4 Å². The Kier molecular flexibility index (Phi) is 6.83. The second kappa shape index (κ2) is 10.2. The van der Waals surface area contributed by atoms with Gasteiger partial charge in [-0.1, -0.05) is 26.2 Å². The number of aromatic nitrogens is 4. The number of fused-ring (bicyclic) bond motifs is 1. The predicted octanol–water partition coefficient (Wildman–Crippen LogP) is 3.72. The van der Waals surface area contributed by atoms with Crippen molar-refractivity contribution in [3.63, 3.8) is 0 Å². The number of rotatable bonds is 8. The Hall–Kier alpha value is -2.66. The third-order valence-corrected chi connectivity index (χ3v) is 8.95. The molecule has 202 valence electrons. The van der Waals surface area contributed by atoms with Crippen molar-refractivity contribution in [3.8, 4) is 0 Å². The lowest BCUT2D eigenvalue weighted by molar-refractivity contribution is 0.120. The lowest BCUT2D eigenvalue weighted by atomic mass is 9.80. The van der Waals surface area contributed by atoms with E-state index in [1.165, 1.54) is 44.9 Å². The number of hydrogen-bond acceptors (Lipinski definition) is 9. The van der Waals surface area contributed by atoms with Gasteiger partial charge in [-0.25, -0.2) is 14.8 Å². The summed E-state index contributed by atoms with van der Waals surface area (Å²) in [6, 6.07) is 0.286. The monoisotopic (exact) mass is 512 g/mol. The highest BCUT2D eigenvalue weighted by Gasteiger charge is 2.33. The summed E-state index contributed by atoms with van der Waals surface area (Å²) in [7, 11) is 1.78. The average Bonchev–Trinajstić information content (AvgIpc) is 3.58. The number of carbonyl (C=O) groups is 1. The smallest absolute Gasteiger partial charge is 0.380 e. The number of nitrogens with one attached hydrogen (secondary N) is 3. The molecule has 3 atom stereocenters. The second-order valence-electron chi connectivity index (χ2n) is 11.6. The van der Waals surface area contributed by atoms with Gasteiger partial charge in [-0.2, -0.15) is 4.98 Å². The fraction of sp³-hybridized carbons (Fsp3) is 0.769. The highest BCUT2D eigenvalue weighted by molar-refractivity contribution is 5.86. The number of ether oxygens (including phenoxy) is 1. The van der Waals surface area contributed by atoms with Crippen LogP contribution in [0.25, 0.3) is 11.2 Å². The van der Waals surface area contributed by atoms with Gasteiger partial charge in [-0.05, 0) is 56.8 Å². The number of hydroxylamine groups is 1. The zero-order valence-corrected chi connectivity index (χ0v) is 22.2. The van der Waals surface area contributed by atoms with Gasteiger partial charge < -0.3 is 24.4 Å². The highest BCUT2D eigenvalue weighted by Crippen LogP contribution is 2.37. The molecule has 0 aromatic carbocycles. The van der Waals surface area contributed by atoms with Gasteiger partial charge >= 0.3 is 6.09 Å². The molecule has 11 heteroatoms. The minimum absolute atomic E-state index is 0.205. The van der Waals surface area contributed by atoms with Gasteiger partial charge in [-0.3, -0.25) is 5.32 Å². The molecule has 2 aliphatic carbocycles. The molecule has 3 N–H and O–H groups in total. The molecule has 2 aromatic heterocycles. The van der Waals surface area contributed by atoms with Crippen LogP contribution in [-0.2, 0) is 16.1 Å². The van der Waals surface area contributed by atoms with Crippen LogP contribution in [0.1, 0.15) is 77.2 Å². The maximum absolute atomic E-state index is 11.7. The fourth-order valence-electron chi connectivity index (χ4n) is 6.24. The summed E-state index contributed by atoms with van der Waals surface area (Å²) in [6.45, 7) is 7.23. The number of amides is 1. The van der Waals surface area contributed by atoms with Crippen molar-refractivity contribution < 1.29 is 14.4 Å². The van der Waals surface area contributed by atoms with E-state index in [1.54, 1.807) is 7.11 Å². The van der Waals surface area contributed by atoms with E-state index < -0.39 is 12.3 Å². The van der Waals surface area contributed by atoms with Gasteiger partial charge in [0.05, 0.1) is 6.10 Å². The van der Waals surface area contributed by atoms with Crippen molar-refractivity contribution >= 4 is 29.0 Å². The Bertz CT molecular complexity index is 1130. The van der Waals surface area contributed by atoms with E-state index in [0.717, 1.165) is 49.3 Å². The van der Waals surface area contributed by atoms with E-state index in [0.29, 0.717) is 23.3 Å². The Morgan fingerprint density at radius 2 is 1.95 bits per heavy atom. The molecule has 6 rings (SSSR count). The van der Waals surface area contributed by atoms with Crippen molar-refractivity contribution in [2.24, 2.45) is 17.8 Å². The predicted molar refractivity (Wildman–Crippen MR) is 140 cm³/mol.